The number of likely N-dealkylation sites (tertiary alicyclic amines) is 1. The van der Waals surface area contributed by atoms with E-state index in [2.05, 4.69) is 0 Å². The molecule has 0 bridgehead atoms. The maximum atomic E-state index is 12.5. The summed E-state index contributed by atoms with van der Waals surface area (Å²) in [7, 11) is 0. The Kier molecular flexibility index (Phi) is 4.71. The number of carbonyl (C=O) groups excluding carboxylic acids is 1. The number of carbonyl (C=O) groups is 1. The Labute approximate surface area is 113 Å². The zero-order valence-electron chi connectivity index (χ0n) is 9.98. The van der Waals surface area contributed by atoms with Crippen molar-refractivity contribution < 1.29 is 18.0 Å². The number of halogens is 4. The van der Waals surface area contributed by atoms with Crippen LogP contribution in [-0.2, 0) is 4.79 Å². The summed E-state index contributed by atoms with van der Waals surface area (Å²) in [6.07, 6.45) is -2.41. The second kappa shape index (κ2) is 5.32. The van der Waals surface area contributed by atoms with E-state index in [0.717, 1.165) is 17.7 Å². The van der Waals surface area contributed by atoms with Gasteiger partial charge in [-0.05, 0) is 24.7 Å². The molecule has 2 unspecified atom stereocenters. The highest BCUT2D eigenvalue weighted by Crippen LogP contribution is 2.37. The second-order valence-corrected chi connectivity index (χ2v) is 5.82. The van der Waals surface area contributed by atoms with E-state index in [0.29, 0.717) is 10.8 Å². The van der Waals surface area contributed by atoms with Gasteiger partial charge in [0, 0.05) is 17.0 Å². The summed E-state index contributed by atoms with van der Waals surface area (Å²) in [6.45, 7) is 4.13. The summed E-state index contributed by atoms with van der Waals surface area (Å²) in [6, 6.07) is -0.274. The standard InChI is InChI=1S/C11H17F3INO/c1-3-10(2)5-4-8(6-15)16(7-10)9(17)11(12,13)14/h8H,3-7H2,1-2H3. The lowest BCUT2D eigenvalue weighted by atomic mass is 9.77. The van der Waals surface area contributed by atoms with E-state index in [9.17, 15) is 18.0 Å². The summed E-state index contributed by atoms with van der Waals surface area (Å²) in [5, 5.41) is 0. The SMILES string of the molecule is CCC1(C)CCC(CI)N(C(=O)C(F)(F)F)C1. The number of alkyl halides is 4. The molecule has 1 heterocycles. The average Bonchev–Trinajstić information content (AvgIpc) is 2.27. The van der Waals surface area contributed by atoms with E-state index < -0.39 is 12.1 Å². The lowest BCUT2D eigenvalue weighted by molar-refractivity contribution is -0.191. The number of piperidine rings is 1. The van der Waals surface area contributed by atoms with Crippen LogP contribution < -0.4 is 0 Å². The maximum absolute atomic E-state index is 12.5. The first-order chi connectivity index (χ1) is 7.73. The zero-order chi connectivity index (χ0) is 13.3. The van der Waals surface area contributed by atoms with Crippen LogP contribution in [0.2, 0.25) is 0 Å². The van der Waals surface area contributed by atoms with Crippen molar-refractivity contribution in [2.75, 3.05) is 11.0 Å². The number of rotatable bonds is 2. The summed E-state index contributed by atoms with van der Waals surface area (Å²) in [4.78, 5) is 12.4. The Bertz CT molecular complexity index is 295. The van der Waals surface area contributed by atoms with Crippen LogP contribution in [0.5, 0.6) is 0 Å². The number of hydrogen-bond donors (Lipinski definition) is 0. The van der Waals surface area contributed by atoms with Gasteiger partial charge >= 0.3 is 12.1 Å². The normalized spacial score (nSPS) is 30.5. The fourth-order valence-electron chi connectivity index (χ4n) is 2.14. The first-order valence-electron chi connectivity index (χ1n) is 5.67. The quantitative estimate of drug-likeness (QED) is 0.544. The minimum absolute atomic E-state index is 0.177. The van der Waals surface area contributed by atoms with Crippen LogP contribution in [0.3, 0.4) is 0 Å². The van der Waals surface area contributed by atoms with Crippen LogP contribution in [0.25, 0.3) is 0 Å². The van der Waals surface area contributed by atoms with Crippen molar-refractivity contribution in [1.29, 1.82) is 0 Å². The van der Waals surface area contributed by atoms with Gasteiger partial charge in [-0.25, -0.2) is 0 Å². The van der Waals surface area contributed by atoms with Crippen molar-refractivity contribution in [3.63, 3.8) is 0 Å². The molecular formula is C11H17F3INO. The van der Waals surface area contributed by atoms with Gasteiger partial charge in [-0.3, -0.25) is 4.79 Å². The van der Waals surface area contributed by atoms with Crippen LogP contribution in [0, 0.1) is 5.41 Å². The molecule has 0 N–H and O–H groups in total. The van der Waals surface area contributed by atoms with E-state index in [4.69, 9.17) is 0 Å². The topological polar surface area (TPSA) is 20.3 Å². The number of nitrogens with zero attached hydrogens (tertiary/aromatic N) is 1. The first-order valence-corrected chi connectivity index (χ1v) is 7.20. The Morgan fingerprint density at radius 3 is 2.53 bits per heavy atom. The Morgan fingerprint density at radius 2 is 2.12 bits per heavy atom. The maximum Gasteiger partial charge on any atom is 0.471 e. The largest absolute Gasteiger partial charge is 0.471 e. The van der Waals surface area contributed by atoms with Gasteiger partial charge in [0.1, 0.15) is 0 Å². The Morgan fingerprint density at radius 1 is 1.53 bits per heavy atom. The van der Waals surface area contributed by atoms with Crippen LogP contribution in [0.15, 0.2) is 0 Å². The minimum Gasteiger partial charge on any atom is -0.331 e. The van der Waals surface area contributed by atoms with Gasteiger partial charge in [0.2, 0.25) is 0 Å². The summed E-state index contributed by atoms with van der Waals surface area (Å²) < 4.78 is 38.1. The van der Waals surface area contributed by atoms with E-state index in [1.165, 1.54) is 0 Å². The van der Waals surface area contributed by atoms with E-state index >= 15 is 0 Å². The van der Waals surface area contributed by atoms with Gasteiger partial charge < -0.3 is 4.90 Å². The summed E-state index contributed by atoms with van der Waals surface area (Å²) in [5.74, 6) is -1.68. The van der Waals surface area contributed by atoms with Crippen LogP contribution in [0.4, 0.5) is 13.2 Å². The molecule has 1 fully saturated rings. The fraction of sp³-hybridized carbons (Fsp3) is 0.909. The van der Waals surface area contributed by atoms with Crippen molar-refractivity contribution in [2.45, 2.75) is 45.3 Å². The molecular weight excluding hydrogens is 346 g/mol. The highest BCUT2D eigenvalue weighted by molar-refractivity contribution is 14.1. The highest BCUT2D eigenvalue weighted by atomic mass is 127. The van der Waals surface area contributed by atoms with E-state index in [1.807, 2.05) is 36.4 Å². The molecule has 1 amide bonds. The van der Waals surface area contributed by atoms with Crippen molar-refractivity contribution in [3.8, 4) is 0 Å². The summed E-state index contributed by atoms with van der Waals surface area (Å²) in [5.41, 5.74) is -0.177. The zero-order valence-corrected chi connectivity index (χ0v) is 12.1. The number of hydrogen-bond acceptors (Lipinski definition) is 1. The fourth-order valence-corrected chi connectivity index (χ4v) is 3.06. The van der Waals surface area contributed by atoms with Crippen LogP contribution in [0.1, 0.15) is 33.1 Å². The molecule has 6 heteroatoms. The molecule has 1 rings (SSSR count). The molecule has 17 heavy (non-hydrogen) atoms. The molecule has 0 spiro atoms. The molecule has 0 saturated carbocycles. The van der Waals surface area contributed by atoms with Crippen molar-refractivity contribution in [3.05, 3.63) is 0 Å². The van der Waals surface area contributed by atoms with Crippen molar-refractivity contribution in [1.82, 2.24) is 4.90 Å². The predicted octanol–water partition coefficient (Wildman–Crippen LogP) is 3.39. The molecule has 1 saturated heterocycles. The van der Waals surface area contributed by atoms with E-state index in [-0.39, 0.29) is 18.0 Å². The second-order valence-electron chi connectivity index (χ2n) is 4.94. The lowest BCUT2D eigenvalue weighted by Crippen LogP contribution is -2.55. The molecule has 0 aromatic carbocycles. The lowest BCUT2D eigenvalue weighted by Gasteiger charge is -2.44. The number of amides is 1. The van der Waals surface area contributed by atoms with Gasteiger partial charge in [-0.1, -0.05) is 36.4 Å². The molecule has 100 valence electrons. The summed E-state index contributed by atoms with van der Waals surface area (Å²) >= 11 is 2.05. The van der Waals surface area contributed by atoms with Crippen molar-refractivity contribution >= 4 is 28.5 Å². The van der Waals surface area contributed by atoms with Gasteiger partial charge in [0.05, 0.1) is 0 Å². The molecule has 0 aromatic rings. The third kappa shape index (κ3) is 3.48. The minimum atomic E-state index is -4.75. The molecule has 1 aliphatic rings. The Balaban J connectivity index is 2.88. The van der Waals surface area contributed by atoms with Gasteiger partial charge in [-0.2, -0.15) is 13.2 Å². The molecule has 1 aliphatic heterocycles. The van der Waals surface area contributed by atoms with Crippen molar-refractivity contribution in [2.24, 2.45) is 5.41 Å². The van der Waals surface area contributed by atoms with Crippen LogP contribution in [-0.4, -0.2) is 34.0 Å². The smallest absolute Gasteiger partial charge is 0.331 e. The molecule has 2 atom stereocenters. The predicted molar refractivity (Wildman–Crippen MR) is 68.1 cm³/mol. The molecule has 0 aromatic heterocycles. The first kappa shape index (κ1) is 15.0. The highest BCUT2D eigenvalue weighted by Gasteiger charge is 2.47. The van der Waals surface area contributed by atoms with Gasteiger partial charge in [0.25, 0.3) is 0 Å². The monoisotopic (exact) mass is 363 g/mol. The third-order valence-electron chi connectivity index (χ3n) is 3.61. The average molecular weight is 363 g/mol. The van der Waals surface area contributed by atoms with E-state index in [1.54, 1.807) is 0 Å². The molecule has 2 nitrogen and oxygen atoms in total. The van der Waals surface area contributed by atoms with Gasteiger partial charge in [0.15, 0.2) is 0 Å². The molecule has 0 aliphatic carbocycles. The Hall–Kier alpha value is -0.0100. The van der Waals surface area contributed by atoms with Gasteiger partial charge in [-0.15, -0.1) is 0 Å². The molecule has 0 radical (unpaired) electrons. The van der Waals surface area contributed by atoms with Crippen LogP contribution >= 0.6 is 22.6 Å². The third-order valence-corrected chi connectivity index (χ3v) is 4.63.